The number of nitrogens with zero attached hydrogens (tertiary/aromatic N) is 5. The fourth-order valence-corrected chi connectivity index (χ4v) is 4.29. The molecular formula is C22H27N5S. The Labute approximate surface area is 171 Å². The first-order chi connectivity index (χ1) is 13.8. The number of rotatable bonds is 6. The highest BCUT2D eigenvalue weighted by Crippen LogP contribution is 2.23. The number of hydrogen-bond donors (Lipinski definition) is 0. The number of hydrogen-bond acceptors (Lipinski definition) is 4. The van der Waals surface area contributed by atoms with E-state index in [0.29, 0.717) is 12.6 Å². The van der Waals surface area contributed by atoms with E-state index in [0.717, 1.165) is 29.4 Å². The van der Waals surface area contributed by atoms with Crippen LogP contribution in [0.2, 0.25) is 0 Å². The summed E-state index contributed by atoms with van der Waals surface area (Å²) in [6.45, 7) is 4.88. The van der Waals surface area contributed by atoms with Gasteiger partial charge in [0.25, 0.3) is 0 Å². The maximum atomic E-state index is 5.88. The van der Waals surface area contributed by atoms with E-state index >= 15 is 0 Å². The second kappa shape index (κ2) is 8.80. The monoisotopic (exact) mass is 393 g/mol. The van der Waals surface area contributed by atoms with E-state index in [1.54, 1.807) is 0 Å². The van der Waals surface area contributed by atoms with E-state index in [1.807, 2.05) is 35.3 Å². The third kappa shape index (κ3) is 4.08. The van der Waals surface area contributed by atoms with Crippen molar-refractivity contribution < 1.29 is 0 Å². The molecule has 3 aromatic rings. The standard InChI is InChI=1S/C22H27N5S/c1-2-20-10-6-7-15-25(20)17-27-22(28)26(16-18-8-4-3-5-9-18)21(24-27)19-11-13-23-14-12-19/h3-5,8-9,11-14,20H,2,6-7,10,15-17H2,1H3/t20-/m0/s1. The number of benzene rings is 1. The van der Waals surface area contributed by atoms with Crippen LogP contribution >= 0.6 is 12.2 Å². The molecule has 0 amide bonds. The van der Waals surface area contributed by atoms with Crippen molar-refractivity contribution in [3.63, 3.8) is 0 Å². The van der Waals surface area contributed by atoms with Gasteiger partial charge in [-0.25, -0.2) is 4.68 Å². The van der Waals surface area contributed by atoms with Gasteiger partial charge >= 0.3 is 0 Å². The molecule has 1 aromatic carbocycles. The van der Waals surface area contributed by atoms with Crippen molar-refractivity contribution in [2.75, 3.05) is 6.54 Å². The molecule has 1 aliphatic rings. The number of likely N-dealkylation sites (tertiary alicyclic amines) is 1. The van der Waals surface area contributed by atoms with Gasteiger partial charge in [-0.15, -0.1) is 0 Å². The van der Waals surface area contributed by atoms with Gasteiger partial charge in [-0.3, -0.25) is 14.5 Å². The van der Waals surface area contributed by atoms with E-state index in [9.17, 15) is 0 Å². The minimum Gasteiger partial charge on any atom is -0.295 e. The summed E-state index contributed by atoms with van der Waals surface area (Å²) >= 11 is 5.88. The lowest BCUT2D eigenvalue weighted by molar-refractivity contribution is 0.100. The first-order valence-electron chi connectivity index (χ1n) is 10.1. The summed E-state index contributed by atoms with van der Waals surface area (Å²) in [5, 5.41) is 4.95. The number of pyridine rings is 1. The fraction of sp³-hybridized carbons (Fsp3) is 0.409. The van der Waals surface area contributed by atoms with E-state index in [1.165, 1.54) is 31.2 Å². The highest BCUT2D eigenvalue weighted by Gasteiger charge is 2.22. The van der Waals surface area contributed by atoms with Gasteiger partial charge in [0.2, 0.25) is 0 Å². The van der Waals surface area contributed by atoms with Crippen molar-refractivity contribution >= 4 is 12.2 Å². The zero-order valence-corrected chi connectivity index (χ0v) is 17.2. The van der Waals surface area contributed by atoms with Crippen LogP contribution in [0.1, 0.15) is 38.2 Å². The topological polar surface area (TPSA) is 38.9 Å². The molecule has 4 rings (SSSR count). The van der Waals surface area contributed by atoms with Crippen LogP contribution in [0.4, 0.5) is 0 Å². The van der Waals surface area contributed by atoms with Crippen LogP contribution in [0.5, 0.6) is 0 Å². The Bertz CT molecular complexity index is 948. The molecule has 3 heterocycles. The molecule has 1 fully saturated rings. The van der Waals surface area contributed by atoms with Gasteiger partial charge in [0.1, 0.15) is 0 Å². The fourth-order valence-electron chi connectivity index (χ4n) is 4.04. The first kappa shape index (κ1) is 19.0. The second-order valence-electron chi connectivity index (χ2n) is 7.42. The van der Waals surface area contributed by atoms with E-state index < -0.39 is 0 Å². The minimum atomic E-state index is 0.624. The van der Waals surface area contributed by atoms with Gasteiger partial charge in [0, 0.05) is 30.5 Å². The lowest BCUT2D eigenvalue weighted by Gasteiger charge is -2.34. The normalized spacial score (nSPS) is 17.7. The summed E-state index contributed by atoms with van der Waals surface area (Å²) < 4.78 is 4.92. The van der Waals surface area contributed by atoms with Crippen molar-refractivity contribution in [3.05, 3.63) is 65.2 Å². The summed E-state index contributed by atoms with van der Waals surface area (Å²) in [6, 6.07) is 15.1. The van der Waals surface area contributed by atoms with Crippen molar-refractivity contribution in [2.45, 2.75) is 51.9 Å². The molecule has 5 nitrogen and oxygen atoms in total. The van der Waals surface area contributed by atoms with Crippen LogP contribution < -0.4 is 0 Å². The van der Waals surface area contributed by atoms with Gasteiger partial charge in [-0.1, -0.05) is 43.7 Å². The van der Waals surface area contributed by atoms with E-state index in [2.05, 4.69) is 45.6 Å². The van der Waals surface area contributed by atoms with E-state index in [4.69, 9.17) is 17.3 Å². The molecule has 2 aromatic heterocycles. The zero-order chi connectivity index (χ0) is 19.3. The summed E-state index contributed by atoms with van der Waals surface area (Å²) in [7, 11) is 0. The van der Waals surface area contributed by atoms with Gasteiger partial charge in [0.05, 0.1) is 13.2 Å². The van der Waals surface area contributed by atoms with Crippen LogP contribution in [0, 0.1) is 4.77 Å². The van der Waals surface area contributed by atoms with Gasteiger partial charge in [0.15, 0.2) is 10.6 Å². The van der Waals surface area contributed by atoms with Crippen LogP contribution in [-0.2, 0) is 13.2 Å². The molecule has 0 unspecified atom stereocenters. The molecule has 0 spiro atoms. The molecular weight excluding hydrogens is 366 g/mol. The molecule has 146 valence electrons. The molecule has 0 bridgehead atoms. The molecule has 1 aliphatic heterocycles. The SMILES string of the molecule is CC[C@H]1CCCCN1Cn1nc(-c2ccncc2)n(Cc2ccccc2)c1=S. The Morgan fingerprint density at radius 2 is 1.86 bits per heavy atom. The Balaban J connectivity index is 1.70. The summed E-state index contributed by atoms with van der Waals surface area (Å²) in [6.07, 6.45) is 8.64. The van der Waals surface area contributed by atoms with Gasteiger partial charge < -0.3 is 0 Å². The molecule has 1 atom stereocenters. The van der Waals surface area contributed by atoms with Crippen LogP contribution in [-0.4, -0.2) is 36.8 Å². The second-order valence-corrected chi connectivity index (χ2v) is 7.79. The van der Waals surface area contributed by atoms with Gasteiger partial charge in [-0.05, 0) is 49.2 Å². The predicted octanol–water partition coefficient (Wildman–Crippen LogP) is 4.75. The third-order valence-corrected chi connectivity index (χ3v) is 6.01. The Hall–Kier alpha value is -2.31. The van der Waals surface area contributed by atoms with E-state index in [-0.39, 0.29) is 0 Å². The van der Waals surface area contributed by atoms with Crippen LogP contribution in [0.25, 0.3) is 11.4 Å². The maximum Gasteiger partial charge on any atom is 0.199 e. The Morgan fingerprint density at radius 1 is 1.07 bits per heavy atom. The maximum absolute atomic E-state index is 5.88. The molecule has 28 heavy (non-hydrogen) atoms. The first-order valence-corrected chi connectivity index (χ1v) is 10.5. The van der Waals surface area contributed by atoms with Crippen molar-refractivity contribution in [3.8, 4) is 11.4 Å². The van der Waals surface area contributed by atoms with Crippen LogP contribution in [0.3, 0.4) is 0 Å². The lowest BCUT2D eigenvalue weighted by Crippen LogP contribution is -2.40. The average Bonchev–Trinajstić information content (AvgIpc) is 3.05. The summed E-state index contributed by atoms with van der Waals surface area (Å²) in [4.78, 5) is 6.69. The van der Waals surface area contributed by atoms with Crippen molar-refractivity contribution in [2.24, 2.45) is 0 Å². The molecule has 6 heteroatoms. The lowest BCUT2D eigenvalue weighted by atomic mass is 10.0. The Kier molecular flexibility index (Phi) is 5.98. The van der Waals surface area contributed by atoms with Crippen molar-refractivity contribution in [1.82, 2.24) is 24.2 Å². The minimum absolute atomic E-state index is 0.624. The van der Waals surface area contributed by atoms with Crippen molar-refractivity contribution in [1.29, 1.82) is 0 Å². The smallest absolute Gasteiger partial charge is 0.199 e. The molecule has 0 saturated carbocycles. The molecule has 1 saturated heterocycles. The summed E-state index contributed by atoms with van der Waals surface area (Å²) in [5.74, 6) is 0.904. The summed E-state index contributed by atoms with van der Waals surface area (Å²) in [5.41, 5.74) is 2.26. The van der Waals surface area contributed by atoms with Gasteiger partial charge in [-0.2, -0.15) is 5.10 Å². The number of aromatic nitrogens is 4. The highest BCUT2D eigenvalue weighted by molar-refractivity contribution is 7.71. The largest absolute Gasteiger partial charge is 0.295 e. The Morgan fingerprint density at radius 3 is 2.61 bits per heavy atom. The predicted molar refractivity (Wildman–Crippen MR) is 114 cm³/mol. The molecule has 0 aliphatic carbocycles. The highest BCUT2D eigenvalue weighted by atomic mass is 32.1. The number of piperidine rings is 1. The molecule has 0 radical (unpaired) electrons. The quantitative estimate of drug-likeness (QED) is 0.567. The molecule has 0 N–H and O–H groups in total. The third-order valence-electron chi connectivity index (χ3n) is 5.58. The average molecular weight is 394 g/mol. The zero-order valence-electron chi connectivity index (χ0n) is 16.4. The van der Waals surface area contributed by atoms with Crippen LogP contribution in [0.15, 0.2) is 54.9 Å².